The third-order valence-corrected chi connectivity index (χ3v) is 5.84. The molecule has 0 spiro atoms. The van der Waals surface area contributed by atoms with E-state index in [-0.39, 0.29) is 11.8 Å². The summed E-state index contributed by atoms with van der Waals surface area (Å²) in [5.74, 6) is 1.51. The van der Waals surface area contributed by atoms with Crippen LogP contribution in [0.1, 0.15) is 23.9 Å². The van der Waals surface area contributed by atoms with Crippen molar-refractivity contribution in [3.8, 4) is 17.0 Å². The maximum absolute atomic E-state index is 12.5. The standard InChI is InChI=1S/C23H28N6O4/c1-14-21-20(15-5-6-17(25-23(31)32)18(11-15)33-4)26-22(29(21)10-8-24-14)16-7-9-28(12-16)19(30)13-27(2)3/h5-6,8,10-11,16,25H,7,9,12-13H2,1-4H3,(H,31,32)/t16-/m1/s1. The molecular weight excluding hydrogens is 424 g/mol. The minimum absolute atomic E-state index is 0.106. The normalized spacial score (nSPS) is 15.9. The number of hydrogen-bond donors (Lipinski definition) is 2. The van der Waals surface area contributed by atoms with Crippen LogP contribution in [0.4, 0.5) is 10.5 Å². The first-order valence-electron chi connectivity index (χ1n) is 10.7. The summed E-state index contributed by atoms with van der Waals surface area (Å²) in [7, 11) is 5.27. The van der Waals surface area contributed by atoms with Crippen LogP contribution in [0.15, 0.2) is 30.6 Å². The third-order valence-electron chi connectivity index (χ3n) is 5.84. The van der Waals surface area contributed by atoms with Crippen molar-refractivity contribution in [2.75, 3.05) is 46.2 Å². The smallest absolute Gasteiger partial charge is 0.409 e. The number of fused-ring (bicyclic) bond motifs is 1. The monoisotopic (exact) mass is 452 g/mol. The molecule has 1 aliphatic heterocycles. The van der Waals surface area contributed by atoms with Gasteiger partial charge in [0.25, 0.3) is 0 Å². The predicted octanol–water partition coefficient (Wildman–Crippen LogP) is 2.68. The van der Waals surface area contributed by atoms with Gasteiger partial charge in [-0.3, -0.25) is 19.5 Å². The number of hydrogen-bond acceptors (Lipinski definition) is 6. The quantitative estimate of drug-likeness (QED) is 0.591. The van der Waals surface area contributed by atoms with E-state index in [1.54, 1.807) is 18.3 Å². The fourth-order valence-electron chi connectivity index (χ4n) is 4.33. The van der Waals surface area contributed by atoms with Gasteiger partial charge in [0.1, 0.15) is 11.6 Å². The molecule has 0 saturated carbocycles. The van der Waals surface area contributed by atoms with Crippen molar-refractivity contribution in [2.45, 2.75) is 19.3 Å². The van der Waals surface area contributed by atoms with E-state index in [1.165, 1.54) is 7.11 Å². The maximum atomic E-state index is 12.5. The number of carbonyl (C=O) groups excluding carboxylic acids is 1. The SMILES string of the molecule is COc1cc(-c2nc([C@@H]3CCN(C(=O)CN(C)C)C3)n3ccnc(C)c23)ccc1NC(=O)O. The number of nitrogens with zero attached hydrogens (tertiary/aromatic N) is 5. The van der Waals surface area contributed by atoms with Crippen LogP contribution in [0.3, 0.4) is 0 Å². The molecule has 10 nitrogen and oxygen atoms in total. The number of ether oxygens (including phenoxy) is 1. The highest BCUT2D eigenvalue weighted by atomic mass is 16.5. The van der Waals surface area contributed by atoms with Crippen molar-refractivity contribution in [1.29, 1.82) is 0 Å². The fourth-order valence-corrected chi connectivity index (χ4v) is 4.33. The van der Waals surface area contributed by atoms with Gasteiger partial charge in [-0.1, -0.05) is 6.07 Å². The number of carbonyl (C=O) groups is 2. The molecule has 0 bridgehead atoms. The zero-order valence-corrected chi connectivity index (χ0v) is 19.2. The lowest BCUT2D eigenvalue weighted by Gasteiger charge is -2.18. The molecule has 0 aliphatic carbocycles. The number of aryl methyl sites for hydroxylation is 1. The molecule has 1 saturated heterocycles. The summed E-state index contributed by atoms with van der Waals surface area (Å²) in [5.41, 5.74) is 3.61. The van der Waals surface area contributed by atoms with Crippen LogP contribution < -0.4 is 10.1 Å². The third kappa shape index (κ3) is 4.47. The van der Waals surface area contributed by atoms with Gasteiger partial charge in [-0.05, 0) is 39.6 Å². The largest absolute Gasteiger partial charge is 0.495 e. The minimum Gasteiger partial charge on any atom is -0.495 e. The lowest BCUT2D eigenvalue weighted by Crippen LogP contribution is -2.36. The molecule has 0 unspecified atom stereocenters. The minimum atomic E-state index is -1.16. The van der Waals surface area contributed by atoms with Gasteiger partial charge >= 0.3 is 6.09 Å². The highest BCUT2D eigenvalue weighted by Gasteiger charge is 2.31. The van der Waals surface area contributed by atoms with Crippen LogP contribution in [0, 0.1) is 6.92 Å². The summed E-state index contributed by atoms with van der Waals surface area (Å²) in [6, 6.07) is 5.25. The highest BCUT2D eigenvalue weighted by Crippen LogP contribution is 2.36. The average Bonchev–Trinajstić information content (AvgIpc) is 3.39. The number of imidazole rings is 1. The second-order valence-electron chi connectivity index (χ2n) is 8.46. The molecule has 2 aromatic heterocycles. The first kappa shape index (κ1) is 22.5. The Balaban J connectivity index is 1.73. The van der Waals surface area contributed by atoms with Crippen LogP contribution in [0.2, 0.25) is 0 Å². The summed E-state index contributed by atoms with van der Waals surface area (Å²) in [5, 5.41) is 11.4. The summed E-state index contributed by atoms with van der Waals surface area (Å²) < 4.78 is 7.46. The second-order valence-corrected chi connectivity index (χ2v) is 8.46. The predicted molar refractivity (Wildman–Crippen MR) is 124 cm³/mol. The van der Waals surface area contributed by atoms with Gasteiger partial charge in [-0.2, -0.15) is 0 Å². The van der Waals surface area contributed by atoms with Crippen molar-refractivity contribution in [3.63, 3.8) is 0 Å². The molecule has 2 amide bonds. The van der Waals surface area contributed by atoms with E-state index in [9.17, 15) is 9.59 Å². The van der Waals surface area contributed by atoms with E-state index < -0.39 is 6.09 Å². The van der Waals surface area contributed by atoms with E-state index in [0.717, 1.165) is 34.7 Å². The molecule has 10 heteroatoms. The number of likely N-dealkylation sites (tertiary alicyclic amines) is 1. The Morgan fingerprint density at radius 1 is 1.33 bits per heavy atom. The van der Waals surface area contributed by atoms with Crippen LogP contribution in [-0.2, 0) is 4.79 Å². The molecule has 0 radical (unpaired) electrons. The lowest BCUT2D eigenvalue weighted by molar-refractivity contribution is -0.130. The molecule has 174 valence electrons. The van der Waals surface area contributed by atoms with E-state index in [2.05, 4.69) is 14.7 Å². The van der Waals surface area contributed by atoms with E-state index in [1.807, 2.05) is 43.1 Å². The summed E-state index contributed by atoms with van der Waals surface area (Å²) in [6.45, 7) is 3.65. The van der Waals surface area contributed by atoms with Crippen LogP contribution in [0.25, 0.3) is 16.8 Å². The summed E-state index contributed by atoms with van der Waals surface area (Å²) >= 11 is 0. The Hall–Kier alpha value is -3.66. The summed E-state index contributed by atoms with van der Waals surface area (Å²) in [6.07, 6.45) is 3.33. The number of amides is 2. The number of aromatic nitrogens is 3. The molecular formula is C23H28N6O4. The number of methoxy groups -OCH3 is 1. The first-order chi connectivity index (χ1) is 15.8. The topological polar surface area (TPSA) is 112 Å². The van der Waals surface area contributed by atoms with Crippen LogP contribution >= 0.6 is 0 Å². The Morgan fingerprint density at radius 2 is 2.12 bits per heavy atom. The van der Waals surface area contributed by atoms with Crippen molar-refractivity contribution in [3.05, 3.63) is 42.1 Å². The van der Waals surface area contributed by atoms with Crippen molar-refractivity contribution >= 4 is 23.2 Å². The number of carboxylic acid groups (broad SMARTS) is 1. The Kier molecular flexibility index (Phi) is 6.19. The Bertz CT molecular complexity index is 1210. The molecule has 33 heavy (non-hydrogen) atoms. The number of nitrogens with one attached hydrogen (secondary N) is 1. The molecule has 2 N–H and O–H groups in total. The number of rotatable bonds is 6. The van der Waals surface area contributed by atoms with Crippen molar-refractivity contribution < 1.29 is 19.4 Å². The Labute approximate surface area is 191 Å². The highest BCUT2D eigenvalue weighted by molar-refractivity contribution is 5.88. The maximum Gasteiger partial charge on any atom is 0.409 e. The molecule has 1 aliphatic rings. The van der Waals surface area contributed by atoms with Crippen LogP contribution in [0.5, 0.6) is 5.75 Å². The van der Waals surface area contributed by atoms with E-state index in [4.69, 9.17) is 14.8 Å². The molecule has 1 aromatic carbocycles. The van der Waals surface area contributed by atoms with Gasteiger partial charge in [-0.25, -0.2) is 9.78 Å². The second kappa shape index (κ2) is 9.07. The summed E-state index contributed by atoms with van der Waals surface area (Å²) in [4.78, 5) is 36.9. The van der Waals surface area contributed by atoms with Crippen LogP contribution in [-0.4, -0.2) is 82.1 Å². The van der Waals surface area contributed by atoms with Gasteiger partial charge in [0.15, 0.2) is 0 Å². The average molecular weight is 453 g/mol. The van der Waals surface area contributed by atoms with Gasteiger partial charge in [0, 0.05) is 37.0 Å². The van der Waals surface area contributed by atoms with Gasteiger partial charge in [0.05, 0.1) is 36.2 Å². The zero-order chi connectivity index (χ0) is 23.7. The van der Waals surface area contributed by atoms with Gasteiger partial charge in [0.2, 0.25) is 5.91 Å². The first-order valence-corrected chi connectivity index (χ1v) is 10.7. The number of benzene rings is 1. The molecule has 1 atom stereocenters. The Morgan fingerprint density at radius 3 is 2.82 bits per heavy atom. The van der Waals surface area contributed by atoms with Crippen molar-refractivity contribution in [2.24, 2.45) is 0 Å². The molecule has 4 rings (SSSR count). The fraction of sp³-hybridized carbons (Fsp3) is 0.391. The molecule has 1 fully saturated rings. The van der Waals surface area contributed by atoms with E-state index >= 15 is 0 Å². The molecule has 3 aromatic rings. The zero-order valence-electron chi connectivity index (χ0n) is 19.2. The van der Waals surface area contributed by atoms with Crippen molar-refractivity contribution in [1.82, 2.24) is 24.2 Å². The lowest BCUT2D eigenvalue weighted by atomic mass is 10.1. The van der Waals surface area contributed by atoms with E-state index in [0.29, 0.717) is 31.1 Å². The molecule has 3 heterocycles. The number of likely N-dealkylation sites (N-methyl/N-ethyl adjacent to an activating group) is 1. The number of anilines is 1. The van der Waals surface area contributed by atoms with Gasteiger partial charge in [-0.15, -0.1) is 0 Å². The van der Waals surface area contributed by atoms with Gasteiger partial charge < -0.3 is 19.6 Å².